The average Bonchev–Trinajstić information content (AvgIpc) is 3.47. The van der Waals surface area contributed by atoms with Crippen molar-refractivity contribution in [1.29, 1.82) is 5.26 Å². The number of morpholine rings is 1. The molecule has 1 amide bonds. The Morgan fingerprint density at radius 2 is 2.12 bits per heavy atom. The van der Waals surface area contributed by atoms with Gasteiger partial charge < -0.3 is 19.5 Å². The highest BCUT2D eigenvalue weighted by atomic mass is 32.2. The third-order valence-electron chi connectivity index (χ3n) is 6.58. The molecule has 2 N–H and O–H groups in total. The molecule has 4 heterocycles. The Balaban J connectivity index is 1.37. The summed E-state index contributed by atoms with van der Waals surface area (Å²) in [4.78, 5) is 28.3. The molecule has 1 saturated carbocycles. The maximum absolute atomic E-state index is 12.8. The van der Waals surface area contributed by atoms with Crippen LogP contribution in [0.15, 0.2) is 29.4 Å². The summed E-state index contributed by atoms with van der Waals surface area (Å²) in [5, 5.41) is 10.9. The minimum atomic E-state index is -3.84. The van der Waals surface area contributed by atoms with Crippen LogP contribution in [0.1, 0.15) is 12.8 Å². The van der Waals surface area contributed by atoms with Gasteiger partial charge in [0.1, 0.15) is 29.9 Å². The standard InChI is InChI=1S/C21H21N7O4S/c22-11-21(3-4-21)26-33(30,31)14-1-2-15-16(7-14)25-19-18(15)20(24-12-23-19)27-5-6-28-13(8-27)9-32-10-17(28)29/h1-2,7,12-13,26H,3-6,8-10H2,(H,23,24,25). The van der Waals surface area contributed by atoms with E-state index in [2.05, 4.69) is 24.6 Å². The van der Waals surface area contributed by atoms with E-state index in [4.69, 9.17) is 4.74 Å². The van der Waals surface area contributed by atoms with Crippen LogP contribution in [-0.2, 0) is 19.6 Å². The predicted octanol–water partition coefficient (Wildman–Crippen LogP) is 0.493. The van der Waals surface area contributed by atoms with Gasteiger partial charge in [-0.25, -0.2) is 18.4 Å². The predicted molar refractivity (Wildman–Crippen MR) is 118 cm³/mol. The fourth-order valence-corrected chi connectivity index (χ4v) is 6.06. The largest absolute Gasteiger partial charge is 0.369 e. The number of hydrogen-bond donors (Lipinski definition) is 2. The van der Waals surface area contributed by atoms with E-state index in [9.17, 15) is 18.5 Å². The number of carbonyl (C=O) groups excluding carboxylic acids is 1. The lowest BCUT2D eigenvalue weighted by Crippen LogP contribution is -2.60. The summed E-state index contributed by atoms with van der Waals surface area (Å²) >= 11 is 0. The number of amides is 1. The smallest absolute Gasteiger partial charge is 0.249 e. The first-order valence-electron chi connectivity index (χ1n) is 10.7. The number of anilines is 1. The number of ether oxygens (including phenoxy) is 1. The van der Waals surface area contributed by atoms with Gasteiger partial charge in [-0.3, -0.25) is 4.79 Å². The number of rotatable bonds is 4. The summed E-state index contributed by atoms with van der Waals surface area (Å²) in [6, 6.07) is 6.85. The molecule has 2 aromatic heterocycles. The van der Waals surface area contributed by atoms with Crippen LogP contribution < -0.4 is 9.62 Å². The van der Waals surface area contributed by atoms with E-state index in [-0.39, 0.29) is 23.5 Å². The van der Waals surface area contributed by atoms with Crippen molar-refractivity contribution in [2.75, 3.05) is 37.7 Å². The molecular formula is C21H21N7O4S. The maximum Gasteiger partial charge on any atom is 0.249 e. The van der Waals surface area contributed by atoms with Crippen LogP contribution in [0.3, 0.4) is 0 Å². The Morgan fingerprint density at radius 3 is 2.91 bits per heavy atom. The quantitative estimate of drug-likeness (QED) is 0.564. The molecule has 3 aromatic rings. The van der Waals surface area contributed by atoms with Crippen molar-refractivity contribution in [3.8, 4) is 6.07 Å². The van der Waals surface area contributed by atoms with Gasteiger partial charge in [0.25, 0.3) is 0 Å². The van der Waals surface area contributed by atoms with Crippen molar-refractivity contribution in [2.45, 2.75) is 29.3 Å². The molecule has 2 saturated heterocycles. The molecule has 1 aliphatic carbocycles. The molecule has 11 nitrogen and oxygen atoms in total. The zero-order valence-electron chi connectivity index (χ0n) is 17.6. The SMILES string of the molecule is N#CC1(NS(=O)(=O)c2ccc3c(c2)[nH]c2ncnc(N4CCN5C(=O)COCC5C4)c23)CC1. The number of H-pyrrole nitrogens is 1. The monoisotopic (exact) mass is 467 g/mol. The number of sulfonamides is 1. The minimum Gasteiger partial charge on any atom is -0.369 e. The Hall–Kier alpha value is -3.27. The van der Waals surface area contributed by atoms with Gasteiger partial charge in [-0.05, 0) is 25.0 Å². The number of carbonyl (C=O) groups is 1. The van der Waals surface area contributed by atoms with E-state index in [0.717, 1.165) is 16.6 Å². The lowest BCUT2D eigenvalue weighted by molar-refractivity contribution is -0.148. The number of piperazine rings is 1. The third-order valence-corrected chi connectivity index (χ3v) is 8.12. The number of nitrogens with one attached hydrogen (secondary N) is 2. The van der Waals surface area contributed by atoms with Crippen LogP contribution in [0.25, 0.3) is 21.9 Å². The van der Waals surface area contributed by atoms with E-state index in [1.165, 1.54) is 12.4 Å². The highest BCUT2D eigenvalue weighted by molar-refractivity contribution is 7.89. The van der Waals surface area contributed by atoms with E-state index >= 15 is 0 Å². The summed E-state index contributed by atoms with van der Waals surface area (Å²) in [5.74, 6) is 0.747. The second-order valence-corrected chi connectivity index (χ2v) is 10.4. The number of aromatic amines is 1. The summed E-state index contributed by atoms with van der Waals surface area (Å²) in [7, 11) is -3.84. The summed E-state index contributed by atoms with van der Waals surface area (Å²) in [5.41, 5.74) is 0.233. The first-order chi connectivity index (χ1) is 15.9. The molecule has 33 heavy (non-hydrogen) atoms. The molecule has 0 spiro atoms. The highest BCUT2D eigenvalue weighted by Gasteiger charge is 2.46. The molecule has 3 fully saturated rings. The number of nitrogens with zero attached hydrogens (tertiary/aromatic N) is 5. The zero-order valence-corrected chi connectivity index (χ0v) is 18.4. The first kappa shape index (κ1) is 20.3. The van der Waals surface area contributed by atoms with Gasteiger partial charge in [0.2, 0.25) is 15.9 Å². The van der Waals surface area contributed by atoms with E-state index in [0.29, 0.717) is 50.2 Å². The number of aromatic nitrogens is 3. The van der Waals surface area contributed by atoms with Crippen molar-refractivity contribution in [1.82, 2.24) is 24.6 Å². The van der Waals surface area contributed by atoms with Gasteiger partial charge in [-0.15, -0.1) is 0 Å². The molecule has 1 aromatic carbocycles. The average molecular weight is 468 g/mol. The highest BCUT2D eigenvalue weighted by Crippen LogP contribution is 2.37. The lowest BCUT2D eigenvalue weighted by atomic mass is 10.1. The molecule has 1 atom stereocenters. The normalized spacial score (nSPS) is 22.4. The van der Waals surface area contributed by atoms with Crippen molar-refractivity contribution in [2.24, 2.45) is 0 Å². The Labute approximate surface area is 189 Å². The Morgan fingerprint density at radius 1 is 1.27 bits per heavy atom. The Kier molecular flexibility index (Phi) is 4.39. The zero-order chi connectivity index (χ0) is 22.8. The summed E-state index contributed by atoms with van der Waals surface area (Å²) < 4.78 is 33.6. The van der Waals surface area contributed by atoms with Gasteiger partial charge in [-0.2, -0.15) is 9.98 Å². The third kappa shape index (κ3) is 3.31. The van der Waals surface area contributed by atoms with E-state index in [1.54, 1.807) is 12.1 Å². The number of fused-ring (bicyclic) bond motifs is 4. The maximum atomic E-state index is 12.8. The molecule has 6 rings (SSSR count). The van der Waals surface area contributed by atoms with Crippen LogP contribution in [0.5, 0.6) is 0 Å². The molecule has 0 radical (unpaired) electrons. The van der Waals surface area contributed by atoms with Gasteiger partial charge >= 0.3 is 0 Å². The molecule has 170 valence electrons. The first-order valence-corrected chi connectivity index (χ1v) is 12.2. The number of nitriles is 1. The molecule has 1 unspecified atom stereocenters. The Bertz CT molecular complexity index is 1440. The minimum absolute atomic E-state index is 0.0116. The summed E-state index contributed by atoms with van der Waals surface area (Å²) in [6.07, 6.45) is 2.51. The van der Waals surface area contributed by atoms with Crippen LogP contribution in [0.4, 0.5) is 5.82 Å². The lowest BCUT2D eigenvalue weighted by Gasteiger charge is -2.44. The number of benzene rings is 1. The summed E-state index contributed by atoms with van der Waals surface area (Å²) in [6.45, 7) is 2.44. The van der Waals surface area contributed by atoms with Crippen LogP contribution in [0, 0.1) is 11.3 Å². The molecule has 3 aliphatic rings. The van der Waals surface area contributed by atoms with Gasteiger partial charge in [0.15, 0.2) is 0 Å². The molecule has 12 heteroatoms. The van der Waals surface area contributed by atoms with Crippen molar-refractivity contribution in [3.63, 3.8) is 0 Å². The second-order valence-electron chi connectivity index (χ2n) is 8.75. The molecule has 0 bridgehead atoms. The van der Waals surface area contributed by atoms with Crippen molar-refractivity contribution < 1.29 is 17.9 Å². The van der Waals surface area contributed by atoms with Crippen molar-refractivity contribution >= 4 is 43.7 Å². The molecule has 2 aliphatic heterocycles. The van der Waals surface area contributed by atoms with Crippen LogP contribution >= 0.6 is 0 Å². The molecular weight excluding hydrogens is 446 g/mol. The van der Waals surface area contributed by atoms with Crippen molar-refractivity contribution in [3.05, 3.63) is 24.5 Å². The van der Waals surface area contributed by atoms with Crippen LogP contribution in [0.2, 0.25) is 0 Å². The van der Waals surface area contributed by atoms with E-state index in [1.807, 2.05) is 11.0 Å². The van der Waals surface area contributed by atoms with Gasteiger partial charge in [0, 0.05) is 30.5 Å². The van der Waals surface area contributed by atoms with Gasteiger partial charge in [-0.1, -0.05) is 6.07 Å². The number of hydrogen-bond acceptors (Lipinski definition) is 8. The fraction of sp³-hybridized carbons (Fsp3) is 0.429. The topological polar surface area (TPSA) is 144 Å². The van der Waals surface area contributed by atoms with E-state index < -0.39 is 15.6 Å². The second kappa shape index (κ2) is 7.11. The van der Waals surface area contributed by atoms with Crippen LogP contribution in [-0.4, -0.2) is 78.6 Å². The van der Waals surface area contributed by atoms with Gasteiger partial charge in [0.05, 0.1) is 29.0 Å². The fourth-order valence-electron chi connectivity index (χ4n) is 4.66.